The summed E-state index contributed by atoms with van der Waals surface area (Å²) in [5.74, 6) is -0.648. The lowest BCUT2D eigenvalue weighted by Crippen LogP contribution is -2.12. The van der Waals surface area contributed by atoms with Crippen molar-refractivity contribution < 1.29 is 22.3 Å². The Kier molecular flexibility index (Phi) is 4.93. The van der Waals surface area contributed by atoms with Crippen LogP contribution in [0.3, 0.4) is 0 Å². The van der Waals surface area contributed by atoms with Crippen molar-refractivity contribution in [2.45, 2.75) is 4.90 Å². The van der Waals surface area contributed by atoms with Crippen molar-refractivity contribution >= 4 is 15.9 Å². The van der Waals surface area contributed by atoms with Crippen molar-refractivity contribution in [2.75, 3.05) is 0 Å². The molecule has 3 aromatic carbocycles. The van der Waals surface area contributed by atoms with Crippen molar-refractivity contribution in [2.24, 2.45) is 10.9 Å². The van der Waals surface area contributed by atoms with Gasteiger partial charge < -0.3 is 10.5 Å². The summed E-state index contributed by atoms with van der Waals surface area (Å²) in [7, 11) is -3.86. The molecular formula is C19H15FN2O4S. The molecule has 0 aliphatic rings. The number of primary amides is 1. The van der Waals surface area contributed by atoms with Gasteiger partial charge in [-0.05, 0) is 59.7 Å². The van der Waals surface area contributed by atoms with Gasteiger partial charge in [0.1, 0.15) is 17.3 Å². The second-order valence-electron chi connectivity index (χ2n) is 5.70. The third-order valence-corrected chi connectivity index (χ3v) is 4.70. The molecule has 6 nitrogen and oxygen atoms in total. The van der Waals surface area contributed by atoms with Crippen molar-refractivity contribution in [3.05, 3.63) is 78.1 Å². The lowest BCUT2D eigenvalue weighted by molar-refractivity contribution is 0.0998. The molecule has 0 saturated heterocycles. The molecule has 0 radical (unpaired) electrons. The molecule has 8 heteroatoms. The zero-order chi connectivity index (χ0) is 19.6. The minimum absolute atomic E-state index is 0.0417. The standard InChI is InChI=1S/C19H15FN2O4S/c20-14-5-7-15(8-6-14)26-18-11-13(4-9-17(18)19(21)23)12-2-1-3-16(10-12)27(22,24)25/h1-11H,(H2,21,23)(H2,22,24,25). The fourth-order valence-corrected chi connectivity index (χ4v) is 3.03. The molecule has 0 fully saturated rings. The van der Waals surface area contributed by atoms with Gasteiger partial charge in [-0.2, -0.15) is 0 Å². The summed E-state index contributed by atoms with van der Waals surface area (Å²) in [5, 5.41) is 5.17. The van der Waals surface area contributed by atoms with Crippen LogP contribution in [0.2, 0.25) is 0 Å². The van der Waals surface area contributed by atoms with Gasteiger partial charge in [0.15, 0.2) is 0 Å². The molecule has 0 heterocycles. The second kappa shape index (κ2) is 7.18. The third-order valence-electron chi connectivity index (χ3n) is 3.78. The van der Waals surface area contributed by atoms with Gasteiger partial charge in [0.2, 0.25) is 10.0 Å². The lowest BCUT2D eigenvalue weighted by atomic mass is 10.0. The lowest BCUT2D eigenvalue weighted by Gasteiger charge is -2.12. The average Bonchev–Trinajstić information content (AvgIpc) is 2.63. The number of hydrogen-bond donors (Lipinski definition) is 2. The van der Waals surface area contributed by atoms with Crippen LogP contribution in [0.4, 0.5) is 4.39 Å². The van der Waals surface area contributed by atoms with E-state index in [0.29, 0.717) is 16.9 Å². The van der Waals surface area contributed by atoms with Crippen LogP contribution in [-0.2, 0) is 10.0 Å². The Hall–Kier alpha value is -3.23. The van der Waals surface area contributed by atoms with E-state index in [1.54, 1.807) is 24.3 Å². The number of primary sulfonamides is 1. The van der Waals surface area contributed by atoms with Gasteiger partial charge in [0, 0.05) is 0 Å². The van der Waals surface area contributed by atoms with Crippen LogP contribution in [-0.4, -0.2) is 14.3 Å². The minimum Gasteiger partial charge on any atom is -0.457 e. The predicted molar refractivity (Wildman–Crippen MR) is 98.2 cm³/mol. The van der Waals surface area contributed by atoms with Crippen LogP contribution in [0, 0.1) is 5.82 Å². The molecule has 0 aromatic heterocycles. The number of ether oxygens (including phenoxy) is 1. The average molecular weight is 386 g/mol. The van der Waals surface area contributed by atoms with Gasteiger partial charge in [-0.25, -0.2) is 17.9 Å². The topological polar surface area (TPSA) is 112 Å². The Labute approximate surface area is 155 Å². The summed E-state index contributed by atoms with van der Waals surface area (Å²) >= 11 is 0. The summed E-state index contributed by atoms with van der Waals surface area (Å²) in [6.07, 6.45) is 0. The highest BCUT2D eigenvalue weighted by molar-refractivity contribution is 7.89. The van der Waals surface area contributed by atoms with E-state index in [2.05, 4.69) is 0 Å². The van der Waals surface area contributed by atoms with Gasteiger partial charge in [0.05, 0.1) is 10.5 Å². The Bertz CT molecular complexity index is 1110. The Balaban J connectivity index is 2.06. The molecule has 0 aliphatic carbocycles. The molecule has 0 aliphatic heterocycles. The van der Waals surface area contributed by atoms with Crippen molar-refractivity contribution in [1.29, 1.82) is 0 Å². The van der Waals surface area contributed by atoms with Crippen LogP contribution >= 0.6 is 0 Å². The SMILES string of the molecule is NC(=O)c1ccc(-c2cccc(S(N)(=O)=O)c2)cc1Oc1ccc(F)cc1. The van der Waals surface area contributed by atoms with Crippen LogP contribution < -0.4 is 15.6 Å². The molecule has 0 saturated carbocycles. The first-order valence-electron chi connectivity index (χ1n) is 7.74. The predicted octanol–water partition coefficient (Wildman–Crippen LogP) is 3.03. The Morgan fingerprint density at radius 1 is 0.926 bits per heavy atom. The Morgan fingerprint density at radius 3 is 2.22 bits per heavy atom. The fraction of sp³-hybridized carbons (Fsp3) is 0. The highest BCUT2D eigenvalue weighted by atomic mass is 32.2. The number of carbonyl (C=O) groups is 1. The molecule has 0 atom stereocenters. The van der Waals surface area contributed by atoms with Gasteiger partial charge in [0.25, 0.3) is 5.91 Å². The van der Waals surface area contributed by atoms with Crippen molar-refractivity contribution in [3.8, 4) is 22.6 Å². The number of hydrogen-bond acceptors (Lipinski definition) is 4. The van der Waals surface area contributed by atoms with E-state index in [9.17, 15) is 17.6 Å². The third kappa shape index (κ3) is 4.30. The molecule has 3 rings (SSSR count). The first-order valence-corrected chi connectivity index (χ1v) is 9.29. The highest BCUT2D eigenvalue weighted by Gasteiger charge is 2.14. The van der Waals surface area contributed by atoms with Crippen molar-refractivity contribution in [1.82, 2.24) is 0 Å². The highest BCUT2D eigenvalue weighted by Crippen LogP contribution is 2.31. The number of nitrogens with two attached hydrogens (primary N) is 2. The number of amides is 1. The van der Waals surface area contributed by atoms with E-state index in [4.69, 9.17) is 15.6 Å². The van der Waals surface area contributed by atoms with E-state index in [1.807, 2.05) is 0 Å². The molecule has 27 heavy (non-hydrogen) atoms. The normalized spacial score (nSPS) is 11.2. The Morgan fingerprint density at radius 2 is 1.59 bits per heavy atom. The number of carbonyl (C=O) groups excluding carboxylic acids is 1. The summed E-state index contributed by atoms with van der Waals surface area (Å²) in [4.78, 5) is 11.6. The summed E-state index contributed by atoms with van der Waals surface area (Å²) in [6.45, 7) is 0. The first kappa shape index (κ1) is 18.6. The largest absolute Gasteiger partial charge is 0.457 e. The van der Waals surface area contributed by atoms with E-state index >= 15 is 0 Å². The maximum atomic E-state index is 13.1. The van der Waals surface area contributed by atoms with Crippen molar-refractivity contribution in [3.63, 3.8) is 0 Å². The molecule has 1 amide bonds. The molecule has 4 N–H and O–H groups in total. The second-order valence-corrected chi connectivity index (χ2v) is 7.27. The molecular weight excluding hydrogens is 371 g/mol. The maximum Gasteiger partial charge on any atom is 0.252 e. The maximum absolute atomic E-state index is 13.1. The fourth-order valence-electron chi connectivity index (χ4n) is 2.47. The zero-order valence-corrected chi connectivity index (χ0v) is 14.7. The van der Waals surface area contributed by atoms with Gasteiger partial charge >= 0.3 is 0 Å². The number of benzene rings is 3. The zero-order valence-electron chi connectivity index (χ0n) is 13.9. The molecule has 3 aromatic rings. The smallest absolute Gasteiger partial charge is 0.252 e. The van der Waals surface area contributed by atoms with Crippen LogP contribution in [0.5, 0.6) is 11.5 Å². The number of halogens is 1. The molecule has 0 spiro atoms. The van der Waals surface area contributed by atoms with E-state index < -0.39 is 21.7 Å². The van der Waals surface area contributed by atoms with E-state index in [-0.39, 0.29) is 16.2 Å². The van der Waals surface area contributed by atoms with Gasteiger partial charge in [-0.3, -0.25) is 4.79 Å². The number of rotatable bonds is 5. The van der Waals surface area contributed by atoms with E-state index in [0.717, 1.165) is 0 Å². The summed E-state index contributed by atoms with van der Waals surface area (Å²) in [5.41, 5.74) is 6.66. The van der Waals surface area contributed by atoms with Crippen LogP contribution in [0.25, 0.3) is 11.1 Å². The molecule has 0 bridgehead atoms. The number of sulfonamides is 1. The van der Waals surface area contributed by atoms with Gasteiger partial charge in [-0.1, -0.05) is 18.2 Å². The summed E-state index contributed by atoms with van der Waals surface area (Å²) < 4.78 is 41.9. The van der Waals surface area contributed by atoms with Gasteiger partial charge in [-0.15, -0.1) is 0 Å². The van der Waals surface area contributed by atoms with Crippen LogP contribution in [0.1, 0.15) is 10.4 Å². The molecule has 138 valence electrons. The first-order chi connectivity index (χ1) is 12.7. The van der Waals surface area contributed by atoms with E-state index in [1.165, 1.54) is 42.5 Å². The quantitative estimate of drug-likeness (QED) is 0.702. The molecule has 0 unspecified atom stereocenters. The summed E-state index contributed by atoms with van der Waals surface area (Å²) in [6, 6.07) is 15.9. The minimum atomic E-state index is -3.86. The monoisotopic (exact) mass is 386 g/mol. The van der Waals surface area contributed by atoms with Crippen LogP contribution in [0.15, 0.2) is 71.6 Å².